The van der Waals surface area contributed by atoms with E-state index in [2.05, 4.69) is 20.4 Å². The fourth-order valence-electron chi connectivity index (χ4n) is 5.22. The number of alkyl halides is 3. The van der Waals surface area contributed by atoms with E-state index in [-0.39, 0.29) is 35.2 Å². The fraction of sp³-hybridized carbons (Fsp3) is 0.385. The van der Waals surface area contributed by atoms with Crippen LogP contribution in [0.1, 0.15) is 36.0 Å². The molecule has 2 heterocycles. The number of halogens is 4. The lowest BCUT2D eigenvalue weighted by atomic mass is 9.90. The van der Waals surface area contributed by atoms with E-state index >= 15 is 0 Å². The molecule has 2 aliphatic rings. The largest absolute Gasteiger partial charge is 0.416 e. The molecule has 0 unspecified atom stereocenters. The Morgan fingerprint density at radius 3 is 2.51 bits per heavy atom. The van der Waals surface area contributed by atoms with Gasteiger partial charge in [0.25, 0.3) is 0 Å². The van der Waals surface area contributed by atoms with E-state index in [4.69, 9.17) is 0 Å². The van der Waals surface area contributed by atoms with Crippen molar-refractivity contribution in [2.45, 2.75) is 38.5 Å². The van der Waals surface area contributed by atoms with Crippen molar-refractivity contribution in [2.75, 3.05) is 13.1 Å². The first kappa shape index (κ1) is 23.5. The summed E-state index contributed by atoms with van der Waals surface area (Å²) in [5.74, 6) is -0.598. The minimum atomic E-state index is -4.44. The average molecular weight is 487 g/mol. The van der Waals surface area contributed by atoms with Gasteiger partial charge in [-0.1, -0.05) is 18.2 Å². The SMILES string of the molecule is O=C(NCc1ccccc1C(F)(F)F)[C@@H]1CC12CCN(Cc1cn[nH]c1-c1ccc(F)cc1)CC2. The van der Waals surface area contributed by atoms with Gasteiger partial charge in [0.2, 0.25) is 5.91 Å². The molecule has 1 aliphatic heterocycles. The molecule has 1 spiro atoms. The standard InChI is InChI=1S/C26H26F4N4O/c27-20-7-5-17(6-8-20)23-19(15-32-33-23)16-34-11-9-25(10-12-34)13-22(25)24(35)31-14-18-3-1-2-4-21(18)26(28,29)30/h1-8,15,22H,9-14,16H2,(H,31,35)(H,32,33)/t22-/m0/s1. The predicted molar refractivity (Wildman–Crippen MR) is 122 cm³/mol. The molecule has 2 aromatic carbocycles. The number of piperidine rings is 1. The summed E-state index contributed by atoms with van der Waals surface area (Å²) in [6.07, 6.45) is -0.141. The van der Waals surface area contributed by atoms with Crippen LogP contribution in [0.4, 0.5) is 17.6 Å². The number of nitrogens with zero attached hydrogens (tertiary/aromatic N) is 2. The van der Waals surface area contributed by atoms with Crippen LogP contribution in [0.15, 0.2) is 54.7 Å². The van der Waals surface area contributed by atoms with E-state index in [0.717, 1.165) is 55.2 Å². The van der Waals surface area contributed by atoms with Gasteiger partial charge >= 0.3 is 6.18 Å². The summed E-state index contributed by atoms with van der Waals surface area (Å²) in [4.78, 5) is 15.0. The first-order chi connectivity index (χ1) is 16.7. The van der Waals surface area contributed by atoms with Crippen molar-refractivity contribution in [3.05, 3.63) is 77.2 Å². The molecule has 1 aromatic heterocycles. The Balaban J connectivity index is 1.14. The molecule has 1 atom stereocenters. The number of aromatic amines is 1. The maximum absolute atomic E-state index is 13.3. The van der Waals surface area contributed by atoms with Crippen LogP contribution in [0.2, 0.25) is 0 Å². The van der Waals surface area contributed by atoms with Crippen LogP contribution >= 0.6 is 0 Å². The molecule has 9 heteroatoms. The van der Waals surface area contributed by atoms with Crippen LogP contribution in [0.5, 0.6) is 0 Å². The van der Waals surface area contributed by atoms with Gasteiger partial charge in [0, 0.05) is 30.1 Å². The molecule has 1 aliphatic carbocycles. The Labute approximate surface area is 200 Å². The lowest BCUT2D eigenvalue weighted by Gasteiger charge is -2.32. The number of carbonyl (C=O) groups is 1. The molecule has 5 rings (SSSR count). The summed E-state index contributed by atoms with van der Waals surface area (Å²) in [6, 6.07) is 11.6. The highest BCUT2D eigenvalue weighted by molar-refractivity contribution is 5.82. The van der Waals surface area contributed by atoms with Crippen LogP contribution in [0.3, 0.4) is 0 Å². The normalized spacial score (nSPS) is 19.6. The van der Waals surface area contributed by atoms with Gasteiger partial charge in [-0.25, -0.2) is 4.39 Å². The highest BCUT2D eigenvalue weighted by atomic mass is 19.4. The van der Waals surface area contributed by atoms with Gasteiger partial charge in [-0.3, -0.25) is 14.8 Å². The second-order valence-electron chi connectivity index (χ2n) is 9.55. The Morgan fingerprint density at radius 1 is 1.09 bits per heavy atom. The fourth-order valence-corrected chi connectivity index (χ4v) is 5.22. The molecule has 2 N–H and O–H groups in total. The van der Waals surface area contributed by atoms with Crippen LogP contribution in [0, 0.1) is 17.2 Å². The van der Waals surface area contributed by atoms with Crippen LogP contribution in [-0.2, 0) is 24.1 Å². The quantitative estimate of drug-likeness (QED) is 0.474. The van der Waals surface area contributed by atoms with Crippen molar-refractivity contribution in [1.29, 1.82) is 0 Å². The summed E-state index contributed by atoms with van der Waals surface area (Å²) in [5.41, 5.74) is 2.08. The lowest BCUT2D eigenvalue weighted by Crippen LogP contribution is -2.36. The molecule has 0 radical (unpaired) electrons. The van der Waals surface area contributed by atoms with Gasteiger partial charge in [-0.05, 0) is 73.7 Å². The highest BCUT2D eigenvalue weighted by Gasteiger charge is 2.58. The first-order valence-electron chi connectivity index (χ1n) is 11.7. The maximum Gasteiger partial charge on any atom is 0.416 e. The summed E-state index contributed by atoms with van der Waals surface area (Å²) in [7, 11) is 0. The van der Waals surface area contributed by atoms with Gasteiger partial charge < -0.3 is 5.32 Å². The predicted octanol–water partition coefficient (Wildman–Crippen LogP) is 5.15. The summed E-state index contributed by atoms with van der Waals surface area (Å²) in [5, 5.41) is 9.89. The van der Waals surface area contributed by atoms with Gasteiger partial charge in [0.1, 0.15) is 5.82 Å². The monoisotopic (exact) mass is 486 g/mol. The summed E-state index contributed by atoms with van der Waals surface area (Å²) >= 11 is 0. The van der Waals surface area contributed by atoms with Crippen molar-refractivity contribution < 1.29 is 22.4 Å². The highest BCUT2D eigenvalue weighted by Crippen LogP contribution is 2.59. The van der Waals surface area contributed by atoms with Crippen molar-refractivity contribution in [1.82, 2.24) is 20.4 Å². The molecule has 1 saturated heterocycles. The Hall–Kier alpha value is -3.20. The minimum Gasteiger partial charge on any atom is -0.352 e. The third-order valence-electron chi connectivity index (χ3n) is 7.38. The zero-order valence-electron chi connectivity index (χ0n) is 19.0. The Morgan fingerprint density at radius 2 is 1.80 bits per heavy atom. The molecule has 35 heavy (non-hydrogen) atoms. The third-order valence-corrected chi connectivity index (χ3v) is 7.38. The van der Waals surface area contributed by atoms with Gasteiger partial charge in [0.05, 0.1) is 17.5 Å². The summed E-state index contributed by atoms with van der Waals surface area (Å²) < 4.78 is 52.9. The third kappa shape index (κ3) is 4.96. The van der Waals surface area contributed by atoms with Crippen molar-refractivity contribution in [2.24, 2.45) is 11.3 Å². The number of nitrogens with one attached hydrogen (secondary N) is 2. The Kier molecular flexibility index (Phi) is 6.13. The van der Waals surface area contributed by atoms with E-state index in [1.807, 2.05) is 0 Å². The Bertz CT molecular complexity index is 1200. The molecule has 1 amide bonds. The molecule has 5 nitrogen and oxygen atoms in total. The summed E-state index contributed by atoms with van der Waals surface area (Å²) in [6.45, 7) is 2.23. The molecule has 1 saturated carbocycles. The van der Waals surface area contributed by atoms with Crippen molar-refractivity contribution >= 4 is 5.91 Å². The van der Waals surface area contributed by atoms with Gasteiger partial charge in [-0.15, -0.1) is 0 Å². The smallest absolute Gasteiger partial charge is 0.352 e. The number of amides is 1. The molecular weight excluding hydrogens is 460 g/mol. The molecule has 0 bridgehead atoms. The van der Waals surface area contributed by atoms with E-state index in [9.17, 15) is 22.4 Å². The number of aromatic nitrogens is 2. The zero-order chi connectivity index (χ0) is 24.6. The number of hydrogen-bond donors (Lipinski definition) is 2. The average Bonchev–Trinajstić information content (AvgIpc) is 3.34. The number of hydrogen-bond acceptors (Lipinski definition) is 3. The number of benzene rings is 2. The van der Waals surface area contributed by atoms with Crippen molar-refractivity contribution in [3.63, 3.8) is 0 Å². The number of rotatable bonds is 6. The van der Waals surface area contributed by atoms with Crippen molar-refractivity contribution in [3.8, 4) is 11.3 Å². The number of carbonyl (C=O) groups excluding carboxylic acids is 1. The lowest BCUT2D eigenvalue weighted by molar-refractivity contribution is -0.138. The maximum atomic E-state index is 13.3. The van der Waals surface area contributed by atoms with Gasteiger partial charge in [0.15, 0.2) is 0 Å². The van der Waals surface area contributed by atoms with Crippen LogP contribution in [-0.4, -0.2) is 34.1 Å². The van der Waals surface area contributed by atoms with E-state index in [1.54, 1.807) is 24.4 Å². The first-order valence-corrected chi connectivity index (χ1v) is 11.7. The van der Waals surface area contributed by atoms with E-state index < -0.39 is 11.7 Å². The van der Waals surface area contributed by atoms with Crippen LogP contribution < -0.4 is 5.32 Å². The number of H-pyrrole nitrogens is 1. The van der Waals surface area contributed by atoms with Gasteiger partial charge in [-0.2, -0.15) is 18.3 Å². The second kappa shape index (κ2) is 9.11. The van der Waals surface area contributed by atoms with E-state index in [1.165, 1.54) is 24.3 Å². The zero-order valence-corrected chi connectivity index (χ0v) is 19.0. The van der Waals surface area contributed by atoms with Crippen LogP contribution in [0.25, 0.3) is 11.3 Å². The topological polar surface area (TPSA) is 61.0 Å². The number of likely N-dealkylation sites (tertiary alicyclic amines) is 1. The molecular formula is C26H26F4N4O. The minimum absolute atomic E-state index is 0.0552. The molecule has 184 valence electrons. The molecule has 2 fully saturated rings. The second-order valence-corrected chi connectivity index (χ2v) is 9.55. The van der Waals surface area contributed by atoms with E-state index in [0.29, 0.717) is 6.54 Å². The molecule has 3 aromatic rings.